The number of nitrogens with one attached hydrogen (secondary N) is 1. The van der Waals surface area contributed by atoms with Gasteiger partial charge < -0.3 is 15.2 Å². The highest BCUT2D eigenvalue weighted by Crippen LogP contribution is 2.23. The maximum absolute atomic E-state index is 13.4. The van der Waals surface area contributed by atoms with Crippen LogP contribution in [0.2, 0.25) is 0 Å². The van der Waals surface area contributed by atoms with Crippen LogP contribution in [0.4, 0.5) is 10.1 Å². The van der Waals surface area contributed by atoms with Gasteiger partial charge in [-0.05, 0) is 32.4 Å². The lowest BCUT2D eigenvalue weighted by molar-refractivity contribution is -0.147. The first-order valence-electron chi connectivity index (χ1n) is 5.67. The minimum absolute atomic E-state index is 0.186. The highest BCUT2D eigenvalue weighted by atomic mass is 19.1. The third-order valence-corrected chi connectivity index (χ3v) is 2.81. The van der Waals surface area contributed by atoms with Crippen molar-refractivity contribution in [2.75, 3.05) is 19.0 Å². The number of anilines is 1. The summed E-state index contributed by atoms with van der Waals surface area (Å²) in [6, 6.07) is 4.54. The number of carbonyl (C=O) groups is 1. The van der Waals surface area contributed by atoms with Crippen molar-refractivity contribution >= 4 is 11.7 Å². The Labute approximate surface area is 106 Å². The molecule has 5 heteroatoms. The minimum atomic E-state index is -0.842. The summed E-state index contributed by atoms with van der Waals surface area (Å²) < 4.78 is 18.2. The summed E-state index contributed by atoms with van der Waals surface area (Å²) in [5.41, 5.74) is -0.188. The van der Waals surface area contributed by atoms with E-state index in [-0.39, 0.29) is 5.75 Å². The number of rotatable bonds is 6. The maximum Gasteiger partial charge on any atom is 0.309 e. The van der Waals surface area contributed by atoms with Gasteiger partial charge in [0.15, 0.2) is 11.6 Å². The van der Waals surface area contributed by atoms with E-state index in [1.807, 2.05) is 0 Å². The van der Waals surface area contributed by atoms with Gasteiger partial charge in [-0.1, -0.05) is 0 Å². The summed E-state index contributed by atoms with van der Waals surface area (Å²) in [4.78, 5) is 10.9. The van der Waals surface area contributed by atoms with E-state index in [4.69, 9.17) is 9.84 Å². The number of methoxy groups -OCH3 is 1. The molecule has 100 valence electrons. The minimum Gasteiger partial charge on any atom is -0.494 e. The molecule has 0 saturated carbocycles. The predicted molar refractivity (Wildman–Crippen MR) is 67.5 cm³/mol. The lowest BCUT2D eigenvalue weighted by Crippen LogP contribution is -2.26. The molecule has 0 aromatic heterocycles. The molecule has 0 amide bonds. The van der Waals surface area contributed by atoms with Crippen LogP contribution in [0.15, 0.2) is 18.2 Å². The molecule has 0 fully saturated rings. The number of halogens is 1. The fourth-order valence-electron chi connectivity index (χ4n) is 1.40. The Kier molecular flexibility index (Phi) is 4.53. The molecule has 2 N–H and O–H groups in total. The van der Waals surface area contributed by atoms with Crippen molar-refractivity contribution in [3.05, 3.63) is 24.0 Å². The molecule has 0 aliphatic rings. The van der Waals surface area contributed by atoms with Crippen LogP contribution in [-0.4, -0.2) is 24.7 Å². The molecular formula is C13H18FNO3. The van der Waals surface area contributed by atoms with E-state index in [9.17, 15) is 9.18 Å². The first-order valence-corrected chi connectivity index (χ1v) is 5.67. The number of hydrogen-bond donors (Lipinski definition) is 2. The van der Waals surface area contributed by atoms with E-state index in [0.29, 0.717) is 18.7 Å². The molecule has 0 saturated heterocycles. The van der Waals surface area contributed by atoms with Gasteiger partial charge in [-0.3, -0.25) is 4.79 Å². The van der Waals surface area contributed by atoms with Gasteiger partial charge >= 0.3 is 5.97 Å². The Hall–Kier alpha value is -1.78. The van der Waals surface area contributed by atoms with Gasteiger partial charge in [0.2, 0.25) is 0 Å². The fraction of sp³-hybridized carbons (Fsp3) is 0.462. The molecule has 0 aliphatic carbocycles. The van der Waals surface area contributed by atoms with Gasteiger partial charge in [-0.2, -0.15) is 0 Å². The molecule has 1 aromatic rings. The average Bonchev–Trinajstić information content (AvgIpc) is 2.29. The van der Waals surface area contributed by atoms with Crippen molar-refractivity contribution in [1.82, 2.24) is 0 Å². The van der Waals surface area contributed by atoms with Crippen LogP contribution in [0.5, 0.6) is 5.75 Å². The number of carboxylic acids is 1. The van der Waals surface area contributed by atoms with Gasteiger partial charge in [-0.25, -0.2) is 4.39 Å². The van der Waals surface area contributed by atoms with E-state index in [0.717, 1.165) is 0 Å². The average molecular weight is 255 g/mol. The molecule has 4 nitrogen and oxygen atoms in total. The molecule has 0 radical (unpaired) electrons. The molecule has 18 heavy (non-hydrogen) atoms. The van der Waals surface area contributed by atoms with E-state index in [2.05, 4.69) is 5.32 Å². The summed E-state index contributed by atoms with van der Waals surface area (Å²) in [6.07, 6.45) is 0.454. The van der Waals surface area contributed by atoms with Crippen molar-refractivity contribution in [3.63, 3.8) is 0 Å². The first-order chi connectivity index (χ1) is 8.36. The first kappa shape index (κ1) is 14.3. The van der Waals surface area contributed by atoms with Crippen LogP contribution in [0.1, 0.15) is 20.3 Å². The van der Waals surface area contributed by atoms with Crippen LogP contribution >= 0.6 is 0 Å². The lowest BCUT2D eigenvalue weighted by atomic mass is 9.90. The van der Waals surface area contributed by atoms with E-state index in [1.165, 1.54) is 19.2 Å². The van der Waals surface area contributed by atoms with Crippen molar-refractivity contribution in [2.24, 2.45) is 5.41 Å². The van der Waals surface area contributed by atoms with Crippen LogP contribution in [0, 0.1) is 11.2 Å². The topological polar surface area (TPSA) is 58.6 Å². The Balaban J connectivity index is 2.55. The number of aliphatic carboxylic acids is 1. The summed E-state index contributed by atoms with van der Waals surface area (Å²) >= 11 is 0. The van der Waals surface area contributed by atoms with Crippen LogP contribution in [0.3, 0.4) is 0 Å². The predicted octanol–water partition coefficient (Wildman–Crippen LogP) is 2.75. The monoisotopic (exact) mass is 255 g/mol. The third kappa shape index (κ3) is 3.61. The molecule has 1 aromatic carbocycles. The second-order valence-electron chi connectivity index (χ2n) is 4.72. The van der Waals surface area contributed by atoms with Crippen molar-refractivity contribution in [1.29, 1.82) is 0 Å². The standard InChI is InChI=1S/C13H18FNO3/c1-13(2,12(16)17)6-7-15-9-4-5-11(18-3)10(14)8-9/h4-5,8,15H,6-7H2,1-3H3,(H,16,17). The summed E-state index contributed by atoms with van der Waals surface area (Å²) in [5, 5.41) is 11.9. The van der Waals surface area contributed by atoms with Gasteiger partial charge in [-0.15, -0.1) is 0 Å². The Bertz CT molecular complexity index is 432. The zero-order chi connectivity index (χ0) is 13.8. The third-order valence-electron chi connectivity index (χ3n) is 2.81. The molecule has 0 spiro atoms. The smallest absolute Gasteiger partial charge is 0.309 e. The van der Waals surface area contributed by atoms with Crippen LogP contribution in [-0.2, 0) is 4.79 Å². The highest BCUT2D eigenvalue weighted by molar-refractivity contribution is 5.73. The Morgan fingerprint density at radius 1 is 1.50 bits per heavy atom. The SMILES string of the molecule is COc1ccc(NCCC(C)(C)C(=O)O)cc1F. The normalized spacial score (nSPS) is 11.1. The second kappa shape index (κ2) is 5.71. The van der Waals surface area contributed by atoms with E-state index >= 15 is 0 Å². The van der Waals surface area contributed by atoms with E-state index in [1.54, 1.807) is 19.9 Å². The largest absolute Gasteiger partial charge is 0.494 e. The van der Waals surface area contributed by atoms with Gasteiger partial charge in [0.1, 0.15) is 0 Å². The zero-order valence-corrected chi connectivity index (χ0v) is 10.8. The number of ether oxygens (including phenoxy) is 1. The zero-order valence-electron chi connectivity index (χ0n) is 10.8. The van der Waals surface area contributed by atoms with Gasteiger partial charge in [0.25, 0.3) is 0 Å². The fourth-order valence-corrected chi connectivity index (χ4v) is 1.40. The summed E-state index contributed by atoms with van der Waals surface area (Å²) in [5.74, 6) is -1.10. The summed E-state index contributed by atoms with van der Waals surface area (Å²) in [7, 11) is 1.40. The highest BCUT2D eigenvalue weighted by Gasteiger charge is 2.26. The lowest BCUT2D eigenvalue weighted by Gasteiger charge is -2.19. The molecular weight excluding hydrogens is 237 g/mol. The molecule has 0 bridgehead atoms. The molecule has 0 aliphatic heterocycles. The number of hydrogen-bond acceptors (Lipinski definition) is 3. The summed E-state index contributed by atoms with van der Waals surface area (Å²) in [6.45, 7) is 3.78. The van der Waals surface area contributed by atoms with Crippen LogP contribution in [0.25, 0.3) is 0 Å². The second-order valence-corrected chi connectivity index (χ2v) is 4.72. The maximum atomic E-state index is 13.4. The van der Waals surface area contributed by atoms with Crippen molar-refractivity contribution in [2.45, 2.75) is 20.3 Å². The number of benzene rings is 1. The number of carboxylic acid groups (broad SMARTS) is 1. The van der Waals surface area contributed by atoms with Gasteiger partial charge in [0.05, 0.1) is 12.5 Å². The quantitative estimate of drug-likeness (QED) is 0.820. The molecule has 0 heterocycles. The Morgan fingerprint density at radius 2 is 2.17 bits per heavy atom. The van der Waals surface area contributed by atoms with Crippen LogP contribution < -0.4 is 10.1 Å². The molecule has 0 atom stereocenters. The van der Waals surface area contributed by atoms with E-state index < -0.39 is 17.2 Å². The molecule has 1 rings (SSSR count). The van der Waals surface area contributed by atoms with Crippen molar-refractivity contribution in [3.8, 4) is 5.75 Å². The van der Waals surface area contributed by atoms with Crippen molar-refractivity contribution < 1.29 is 19.0 Å². The molecule has 0 unspecified atom stereocenters. The van der Waals surface area contributed by atoms with Gasteiger partial charge in [0, 0.05) is 18.3 Å². The Morgan fingerprint density at radius 3 is 2.67 bits per heavy atom.